The van der Waals surface area contributed by atoms with Gasteiger partial charge in [-0.25, -0.2) is 0 Å². The number of hydrogen-bond donors (Lipinski definition) is 2. The van der Waals surface area contributed by atoms with Gasteiger partial charge in [0.25, 0.3) is 10.1 Å². The molecule has 0 aliphatic carbocycles. The van der Waals surface area contributed by atoms with E-state index in [-0.39, 0.29) is 17.2 Å². The summed E-state index contributed by atoms with van der Waals surface area (Å²) in [6.45, 7) is 5.71. The Kier molecular flexibility index (Phi) is 6.70. The lowest BCUT2D eigenvalue weighted by atomic mass is 9.90. The molecule has 0 unspecified atom stereocenters. The lowest BCUT2D eigenvalue weighted by Crippen LogP contribution is -2.12. The van der Waals surface area contributed by atoms with Crippen LogP contribution in [0.5, 0.6) is 17.2 Å². The summed E-state index contributed by atoms with van der Waals surface area (Å²) in [6, 6.07) is 0. The molecule has 23 heavy (non-hydrogen) atoms. The Morgan fingerprint density at radius 2 is 1.57 bits per heavy atom. The van der Waals surface area contributed by atoms with Crippen LogP contribution in [0, 0.1) is 0 Å². The minimum atomic E-state index is -4.61. The summed E-state index contributed by atoms with van der Waals surface area (Å²) in [6.07, 6.45) is 2.33. The Labute approximate surface area is 138 Å². The predicted octanol–water partition coefficient (Wildman–Crippen LogP) is 3.51. The van der Waals surface area contributed by atoms with Gasteiger partial charge < -0.3 is 14.6 Å². The van der Waals surface area contributed by atoms with Gasteiger partial charge >= 0.3 is 0 Å². The van der Waals surface area contributed by atoms with Gasteiger partial charge in [-0.05, 0) is 25.2 Å². The maximum absolute atomic E-state index is 11.9. The average molecular weight is 346 g/mol. The first-order chi connectivity index (χ1) is 10.8. The lowest BCUT2D eigenvalue weighted by molar-refractivity contribution is 0.334. The molecule has 132 valence electrons. The van der Waals surface area contributed by atoms with Gasteiger partial charge in [0.1, 0.15) is 10.6 Å². The van der Waals surface area contributed by atoms with Crippen molar-refractivity contribution in [2.75, 3.05) is 14.2 Å². The molecule has 0 aliphatic rings. The Morgan fingerprint density at radius 1 is 1.04 bits per heavy atom. The van der Waals surface area contributed by atoms with E-state index in [1.807, 2.05) is 20.8 Å². The molecule has 0 bridgehead atoms. The largest absolute Gasteiger partial charge is 0.506 e. The minimum absolute atomic E-state index is 0.197. The zero-order valence-electron chi connectivity index (χ0n) is 14.3. The Bertz CT molecular complexity index is 647. The van der Waals surface area contributed by atoms with E-state index in [0.29, 0.717) is 37.0 Å². The third-order valence-corrected chi connectivity index (χ3v) is 4.96. The van der Waals surface area contributed by atoms with Crippen molar-refractivity contribution >= 4 is 10.1 Å². The molecule has 0 aliphatic heterocycles. The van der Waals surface area contributed by atoms with Gasteiger partial charge in [0.2, 0.25) is 0 Å². The van der Waals surface area contributed by atoms with Gasteiger partial charge in [0.05, 0.1) is 14.2 Å². The summed E-state index contributed by atoms with van der Waals surface area (Å²) < 4.78 is 44.4. The van der Waals surface area contributed by atoms with Crippen LogP contribution in [0.25, 0.3) is 0 Å². The zero-order chi connectivity index (χ0) is 17.8. The topological polar surface area (TPSA) is 93.1 Å². The van der Waals surface area contributed by atoms with E-state index in [1.54, 1.807) is 0 Å². The Balaban J connectivity index is 4.02. The highest BCUT2D eigenvalue weighted by molar-refractivity contribution is 7.86. The summed E-state index contributed by atoms with van der Waals surface area (Å²) >= 11 is 0. The molecule has 0 atom stereocenters. The smallest absolute Gasteiger partial charge is 0.298 e. The molecule has 0 saturated carbocycles. The van der Waals surface area contributed by atoms with Crippen molar-refractivity contribution in [3.63, 3.8) is 0 Å². The SMILES string of the molecule is CCCc1c(O)c(S(=O)(=O)O)c(C(CC)CC)c(OC)c1OC. The quantitative estimate of drug-likeness (QED) is 0.700. The normalized spacial score (nSPS) is 11.8. The summed E-state index contributed by atoms with van der Waals surface area (Å²) in [7, 11) is -1.75. The lowest BCUT2D eigenvalue weighted by Gasteiger charge is -2.24. The fraction of sp³-hybridized carbons (Fsp3) is 0.625. The number of methoxy groups -OCH3 is 2. The molecular weight excluding hydrogens is 320 g/mol. The summed E-state index contributed by atoms with van der Waals surface area (Å²) in [5.41, 5.74) is 0.600. The van der Waals surface area contributed by atoms with Crippen molar-refractivity contribution in [3.05, 3.63) is 11.1 Å². The van der Waals surface area contributed by atoms with E-state index in [4.69, 9.17) is 9.47 Å². The summed E-state index contributed by atoms with van der Waals surface area (Å²) in [5, 5.41) is 10.5. The van der Waals surface area contributed by atoms with Crippen LogP contribution in [-0.4, -0.2) is 32.3 Å². The van der Waals surface area contributed by atoms with Crippen LogP contribution in [0.4, 0.5) is 0 Å². The molecule has 2 N–H and O–H groups in total. The van der Waals surface area contributed by atoms with E-state index in [0.717, 1.165) is 0 Å². The maximum atomic E-state index is 11.9. The van der Waals surface area contributed by atoms with Crippen molar-refractivity contribution in [2.45, 2.75) is 57.3 Å². The van der Waals surface area contributed by atoms with Crippen molar-refractivity contribution in [1.29, 1.82) is 0 Å². The third-order valence-electron chi connectivity index (χ3n) is 4.03. The van der Waals surface area contributed by atoms with E-state index < -0.39 is 20.8 Å². The molecule has 0 aromatic heterocycles. The second-order valence-corrected chi connectivity index (χ2v) is 6.73. The number of benzene rings is 1. The van der Waals surface area contributed by atoms with E-state index in [9.17, 15) is 18.1 Å². The molecule has 1 aromatic rings. The van der Waals surface area contributed by atoms with Crippen molar-refractivity contribution in [3.8, 4) is 17.2 Å². The number of hydrogen-bond acceptors (Lipinski definition) is 5. The standard InChI is InChI=1S/C16H26O6S/c1-6-9-11-13(17)16(23(18,19)20)12(10(7-2)8-3)15(22-5)14(11)21-4/h10,17H,6-9H2,1-5H3,(H,18,19,20). The number of phenols is 1. The molecule has 6 nitrogen and oxygen atoms in total. The highest BCUT2D eigenvalue weighted by Crippen LogP contribution is 2.50. The predicted molar refractivity (Wildman–Crippen MR) is 88.3 cm³/mol. The van der Waals surface area contributed by atoms with Crippen LogP contribution in [-0.2, 0) is 16.5 Å². The van der Waals surface area contributed by atoms with Gasteiger partial charge in [0.15, 0.2) is 11.5 Å². The van der Waals surface area contributed by atoms with Gasteiger partial charge in [-0.3, -0.25) is 4.55 Å². The van der Waals surface area contributed by atoms with Crippen molar-refractivity contribution in [2.24, 2.45) is 0 Å². The van der Waals surface area contributed by atoms with Crippen molar-refractivity contribution in [1.82, 2.24) is 0 Å². The molecule has 0 amide bonds. The number of phenolic OH excluding ortho intramolecular Hbond substituents is 1. The van der Waals surface area contributed by atoms with E-state index in [2.05, 4.69) is 0 Å². The van der Waals surface area contributed by atoms with E-state index in [1.165, 1.54) is 14.2 Å². The molecule has 0 fully saturated rings. The minimum Gasteiger partial charge on any atom is -0.506 e. The molecule has 0 heterocycles. The fourth-order valence-corrected chi connectivity index (χ4v) is 3.87. The van der Waals surface area contributed by atoms with Gasteiger partial charge in [-0.2, -0.15) is 8.42 Å². The van der Waals surface area contributed by atoms with Crippen LogP contribution in [0.2, 0.25) is 0 Å². The van der Waals surface area contributed by atoms with Crippen LogP contribution >= 0.6 is 0 Å². The summed E-state index contributed by atoms with van der Waals surface area (Å²) in [4.78, 5) is -0.465. The number of aromatic hydroxyl groups is 1. The molecule has 7 heteroatoms. The number of ether oxygens (including phenoxy) is 2. The van der Waals surface area contributed by atoms with Gasteiger partial charge in [0, 0.05) is 11.1 Å². The monoisotopic (exact) mass is 346 g/mol. The Hall–Kier alpha value is -1.47. The highest BCUT2D eigenvalue weighted by atomic mass is 32.2. The number of rotatable bonds is 8. The third kappa shape index (κ3) is 3.72. The fourth-order valence-electron chi connectivity index (χ4n) is 2.96. The molecule has 0 spiro atoms. The van der Waals surface area contributed by atoms with Crippen LogP contribution in [0.3, 0.4) is 0 Å². The first kappa shape index (κ1) is 19.6. The average Bonchev–Trinajstić information content (AvgIpc) is 2.49. The van der Waals surface area contributed by atoms with Crippen LogP contribution in [0.15, 0.2) is 4.90 Å². The summed E-state index contributed by atoms with van der Waals surface area (Å²) in [5.74, 6) is -0.0672. The Morgan fingerprint density at radius 3 is 1.91 bits per heavy atom. The van der Waals surface area contributed by atoms with Gasteiger partial charge in [-0.1, -0.05) is 27.2 Å². The zero-order valence-corrected chi connectivity index (χ0v) is 15.2. The van der Waals surface area contributed by atoms with Crippen LogP contribution in [0.1, 0.15) is 57.1 Å². The maximum Gasteiger partial charge on any atom is 0.298 e. The second kappa shape index (κ2) is 7.88. The second-order valence-electron chi connectivity index (χ2n) is 5.37. The van der Waals surface area contributed by atoms with E-state index >= 15 is 0 Å². The van der Waals surface area contributed by atoms with Crippen molar-refractivity contribution < 1.29 is 27.6 Å². The first-order valence-corrected chi connectivity index (χ1v) is 9.19. The first-order valence-electron chi connectivity index (χ1n) is 7.75. The molecule has 1 aromatic carbocycles. The highest BCUT2D eigenvalue weighted by Gasteiger charge is 2.33. The van der Waals surface area contributed by atoms with Gasteiger partial charge in [-0.15, -0.1) is 0 Å². The molecule has 1 rings (SSSR count). The molecular formula is C16H26O6S. The molecule has 0 saturated heterocycles. The van der Waals surface area contributed by atoms with Crippen LogP contribution < -0.4 is 9.47 Å². The molecule has 0 radical (unpaired) electrons.